The second-order valence-corrected chi connectivity index (χ2v) is 8.50. The zero-order valence-corrected chi connectivity index (χ0v) is 20.9. The number of aromatic nitrogens is 5. The molecule has 2 aromatic heterocycles. The Morgan fingerprint density at radius 2 is 1.77 bits per heavy atom. The first kappa shape index (κ1) is 24.3. The number of hydrogen-bond acceptors (Lipinski definition) is 10. The summed E-state index contributed by atoms with van der Waals surface area (Å²) >= 11 is 1.58. The highest BCUT2D eigenvalue weighted by Crippen LogP contribution is 2.37. The number of rotatable bonds is 11. The molecule has 0 amide bonds. The highest BCUT2D eigenvalue weighted by Gasteiger charge is 2.16. The molecule has 0 unspecified atom stereocenters. The first-order valence-corrected chi connectivity index (χ1v) is 12.0. The number of ether oxygens (including phenoxy) is 3. The SMILES string of the molecule is CCCSc1nc(N/N=C/c2cc(OC)c(OC)c(OC)c2)c2nnn(Cc3ccccc3)c2n1. The van der Waals surface area contributed by atoms with Crippen molar-refractivity contribution in [3.05, 3.63) is 53.6 Å². The van der Waals surface area contributed by atoms with Crippen LogP contribution >= 0.6 is 11.8 Å². The largest absolute Gasteiger partial charge is 0.493 e. The Balaban J connectivity index is 1.65. The molecule has 0 spiro atoms. The van der Waals surface area contributed by atoms with Crippen LogP contribution in [0.4, 0.5) is 5.82 Å². The summed E-state index contributed by atoms with van der Waals surface area (Å²) in [7, 11) is 4.71. The summed E-state index contributed by atoms with van der Waals surface area (Å²) in [6.45, 7) is 2.67. The van der Waals surface area contributed by atoms with Gasteiger partial charge in [-0.05, 0) is 24.1 Å². The molecule has 0 aliphatic rings. The third kappa shape index (κ3) is 5.62. The van der Waals surface area contributed by atoms with Crippen LogP contribution in [0.5, 0.6) is 17.2 Å². The van der Waals surface area contributed by atoms with E-state index in [4.69, 9.17) is 19.2 Å². The quantitative estimate of drug-likeness (QED) is 0.142. The minimum absolute atomic E-state index is 0.483. The Hall–Kier alpha value is -3.86. The van der Waals surface area contributed by atoms with E-state index in [1.807, 2.05) is 30.3 Å². The summed E-state index contributed by atoms with van der Waals surface area (Å²) in [5.74, 6) is 2.99. The van der Waals surface area contributed by atoms with Gasteiger partial charge in [0, 0.05) is 11.3 Å². The first-order chi connectivity index (χ1) is 17.2. The number of hydrogen-bond donors (Lipinski definition) is 1. The number of hydrazone groups is 1. The Morgan fingerprint density at radius 1 is 1.03 bits per heavy atom. The van der Waals surface area contributed by atoms with Gasteiger partial charge in [-0.2, -0.15) is 5.10 Å². The van der Waals surface area contributed by atoms with Gasteiger partial charge >= 0.3 is 0 Å². The predicted molar refractivity (Wildman–Crippen MR) is 137 cm³/mol. The second kappa shape index (κ2) is 11.5. The van der Waals surface area contributed by atoms with Crippen molar-refractivity contribution in [2.45, 2.75) is 25.0 Å². The van der Waals surface area contributed by atoms with Gasteiger partial charge in [-0.25, -0.2) is 14.6 Å². The van der Waals surface area contributed by atoms with Crippen molar-refractivity contribution in [3.63, 3.8) is 0 Å². The molecule has 0 aliphatic heterocycles. The Morgan fingerprint density at radius 3 is 2.43 bits per heavy atom. The molecule has 0 fully saturated rings. The van der Waals surface area contributed by atoms with Crippen LogP contribution in [0.25, 0.3) is 11.2 Å². The van der Waals surface area contributed by atoms with Crippen molar-refractivity contribution in [1.82, 2.24) is 25.0 Å². The molecule has 0 atom stereocenters. The molecule has 0 radical (unpaired) electrons. The van der Waals surface area contributed by atoms with E-state index in [2.05, 4.69) is 32.7 Å². The number of nitrogens with one attached hydrogen (secondary N) is 1. The van der Waals surface area contributed by atoms with Gasteiger partial charge in [-0.3, -0.25) is 5.43 Å². The summed E-state index contributed by atoms with van der Waals surface area (Å²) in [6.07, 6.45) is 2.65. The van der Waals surface area contributed by atoms with Crippen LogP contribution in [-0.2, 0) is 6.54 Å². The molecule has 0 saturated heterocycles. The van der Waals surface area contributed by atoms with Crippen molar-refractivity contribution in [1.29, 1.82) is 0 Å². The van der Waals surface area contributed by atoms with Gasteiger partial charge < -0.3 is 14.2 Å². The van der Waals surface area contributed by atoms with Gasteiger partial charge in [0.2, 0.25) is 5.75 Å². The van der Waals surface area contributed by atoms with E-state index in [0.717, 1.165) is 23.3 Å². The van der Waals surface area contributed by atoms with Gasteiger partial charge in [0.1, 0.15) is 0 Å². The lowest BCUT2D eigenvalue weighted by molar-refractivity contribution is 0.324. The van der Waals surface area contributed by atoms with Crippen molar-refractivity contribution in [2.75, 3.05) is 32.5 Å². The van der Waals surface area contributed by atoms with E-state index < -0.39 is 0 Å². The number of thioether (sulfide) groups is 1. The number of anilines is 1. The van der Waals surface area contributed by atoms with E-state index in [9.17, 15) is 0 Å². The Labute approximate surface area is 207 Å². The third-order valence-electron chi connectivity index (χ3n) is 5.02. The second-order valence-electron chi connectivity index (χ2n) is 7.44. The van der Waals surface area contributed by atoms with Crippen LogP contribution in [0, 0.1) is 0 Å². The normalized spacial score (nSPS) is 11.2. The predicted octanol–water partition coefficient (Wildman–Crippen LogP) is 4.24. The monoisotopic (exact) mass is 493 g/mol. The number of fused-ring (bicyclic) bond motifs is 1. The lowest BCUT2D eigenvalue weighted by Gasteiger charge is -2.12. The van der Waals surface area contributed by atoms with Crippen LogP contribution < -0.4 is 19.6 Å². The maximum Gasteiger partial charge on any atom is 0.203 e. The van der Waals surface area contributed by atoms with Gasteiger partial charge in [0.15, 0.2) is 33.6 Å². The van der Waals surface area contributed by atoms with Gasteiger partial charge in [0.25, 0.3) is 0 Å². The smallest absolute Gasteiger partial charge is 0.203 e. The molecule has 4 rings (SSSR count). The summed E-state index contributed by atoms with van der Waals surface area (Å²) in [5.41, 5.74) is 6.06. The van der Waals surface area contributed by atoms with Crippen LogP contribution in [0.15, 0.2) is 52.7 Å². The van der Waals surface area contributed by atoms with E-state index in [1.54, 1.807) is 56.1 Å². The van der Waals surface area contributed by atoms with Crippen LogP contribution in [0.2, 0.25) is 0 Å². The Bertz CT molecular complexity index is 1290. The third-order valence-corrected chi connectivity index (χ3v) is 6.08. The molecular formula is C24H27N7O3S. The van der Waals surface area contributed by atoms with Crippen molar-refractivity contribution in [3.8, 4) is 17.2 Å². The molecule has 35 heavy (non-hydrogen) atoms. The van der Waals surface area contributed by atoms with Crippen molar-refractivity contribution < 1.29 is 14.2 Å². The molecule has 182 valence electrons. The molecule has 2 heterocycles. The van der Waals surface area contributed by atoms with E-state index in [1.165, 1.54) is 0 Å². The molecule has 4 aromatic rings. The number of benzene rings is 2. The van der Waals surface area contributed by atoms with Crippen molar-refractivity contribution >= 4 is 35.0 Å². The molecule has 0 aliphatic carbocycles. The minimum Gasteiger partial charge on any atom is -0.493 e. The molecule has 11 heteroatoms. The van der Waals surface area contributed by atoms with Gasteiger partial charge in [0.05, 0.1) is 34.1 Å². The lowest BCUT2D eigenvalue weighted by atomic mass is 10.2. The summed E-state index contributed by atoms with van der Waals surface area (Å²) in [6, 6.07) is 13.7. The first-order valence-electron chi connectivity index (χ1n) is 11.0. The average molecular weight is 494 g/mol. The molecule has 0 bridgehead atoms. The lowest BCUT2D eigenvalue weighted by Crippen LogP contribution is -2.04. The maximum atomic E-state index is 5.42. The zero-order chi connectivity index (χ0) is 24.6. The summed E-state index contributed by atoms with van der Waals surface area (Å²) < 4.78 is 18.0. The Kier molecular flexibility index (Phi) is 7.99. The van der Waals surface area contributed by atoms with E-state index in [0.29, 0.717) is 45.9 Å². The molecule has 0 saturated carbocycles. The zero-order valence-electron chi connectivity index (χ0n) is 20.1. The average Bonchev–Trinajstić information content (AvgIpc) is 3.29. The maximum absolute atomic E-state index is 5.42. The number of nitrogens with zero attached hydrogens (tertiary/aromatic N) is 6. The standard InChI is InChI=1S/C24H27N7O3S/c1-5-11-35-24-26-22(20-23(27-24)31(30-28-20)15-16-9-7-6-8-10-16)29-25-14-17-12-18(32-2)21(34-4)19(13-17)33-3/h6-10,12-14H,5,11,15H2,1-4H3,(H,26,27,29)/b25-14+. The van der Waals surface area contributed by atoms with E-state index in [-0.39, 0.29) is 0 Å². The number of methoxy groups -OCH3 is 3. The summed E-state index contributed by atoms with van der Waals surface area (Å²) in [5, 5.41) is 13.7. The van der Waals surface area contributed by atoms with Crippen LogP contribution in [0.1, 0.15) is 24.5 Å². The van der Waals surface area contributed by atoms with Crippen molar-refractivity contribution in [2.24, 2.45) is 5.10 Å². The molecule has 2 aromatic carbocycles. The fourth-order valence-electron chi connectivity index (χ4n) is 3.38. The van der Waals surface area contributed by atoms with Gasteiger partial charge in [-0.15, -0.1) is 5.10 Å². The topological polar surface area (TPSA) is 109 Å². The van der Waals surface area contributed by atoms with Gasteiger partial charge in [-0.1, -0.05) is 54.2 Å². The summed E-state index contributed by atoms with van der Waals surface area (Å²) in [4.78, 5) is 9.34. The minimum atomic E-state index is 0.483. The molecule has 1 N–H and O–H groups in total. The highest BCUT2D eigenvalue weighted by molar-refractivity contribution is 7.99. The molecule has 10 nitrogen and oxygen atoms in total. The van der Waals surface area contributed by atoms with Crippen LogP contribution in [-0.4, -0.2) is 58.3 Å². The van der Waals surface area contributed by atoms with E-state index >= 15 is 0 Å². The van der Waals surface area contributed by atoms with Crippen LogP contribution in [0.3, 0.4) is 0 Å². The fourth-order valence-corrected chi connectivity index (χ4v) is 4.07. The highest BCUT2D eigenvalue weighted by atomic mass is 32.2. The molecular weight excluding hydrogens is 466 g/mol. The fraction of sp³-hybridized carbons (Fsp3) is 0.292.